The van der Waals surface area contributed by atoms with Crippen molar-refractivity contribution >= 4 is 11.9 Å². The third-order valence-corrected chi connectivity index (χ3v) is 3.89. The van der Waals surface area contributed by atoms with Crippen LogP contribution in [0.15, 0.2) is 6.07 Å². The molecule has 0 aliphatic carbocycles. The lowest BCUT2D eigenvalue weighted by Crippen LogP contribution is -2.38. The third kappa shape index (κ3) is 3.74. The van der Waals surface area contributed by atoms with Crippen LogP contribution in [0.5, 0.6) is 0 Å². The predicted octanol–water partition coefficient (Wildman–Crippen LogP) is 1.92. The van der Waals surface area contributed by atoms with Gasteiger partial charge in [0.2, 0.25) is 5.95 Å². The summed E-state index contributed by atoms with van der Waals surface area (Å²) in [4.78, 5) is 25.7. The summed E-state index contributed by atoms with van der Waals surface area (Å²) < 4.78 is 5.38. The second-order valence-corrected chi connectivity index (χ2v) is 5.71. The standard InChI is InChI=1S/C16H26N4O2/c1-5-19(6-2)15(21)14-11-13(12(3)4)17-16(18-14)20-7-9-22-10-8-20/h11-12H,5-10H2,1-4H3. The maximum absolute atomic E-state index is 12.6. The Bertz CT molecular complexity index is 509. The number of rotatable bonds is 5. The minimum absolute atomic E-state index is 0.0243. The van der Waals surface area contributed by atoms with Gasteiger partial charge >= 0.3 is 0 Å². The molecule has 0 atom stereocenters. The molecule has 1 aliphatic heterocycles. The van der Waals surface area contributed by atoms with Crippen molar-refractivity contribution in [3.05, 3.63) is 17.5 Å². The first-order valence-corrected chi connectivity index (χ1v) is 8.07. The predicted molar refractivity (Wildman–Crippen MR) is 86.4 cm³/mol. The number of carbonyl (C=O) groups is 1. The van der Waals surface area contributed by atoms with Crippen LogP contribution >= 0.6 is 0 Å². The van der Waals surface area contributed by atoms with E-state index in [4.69, 9.17) is 4.74 Å². The molecule has 122 valence electrons. The SMILES string of the molecule is CCN(CC)C(=O)c1cc(C(C)C)nc(N2CCOCC2)n1. The number of nitrogens with zero attached hydrogens (tertiary/aromatic N) is 4. The molecule has 0 N–H and O–H groups in total. The summed E-state index contributed by atoms with van der Waals surface area (Å²) in [6.45, 7) is 12.4. The molecule has 1 aromatic rings. The van der Waals surface area contributed by atoms with Gasteiger partial charge in [0.1, 0.15) is 5.69 Å². The third-order valence-electron chi connectivity index (χ3n) is 3.89. The van der Waals surface area contributed by atoms with Gasteiger partial charge in [0.25, 0.3) is 5.91 Å². The van der Waals surface area contributed by atoms with Crippen LogP contribution in [0.4, 0.5) is 5.95 Å². The summed E-state index contributed by atoms with van der Waals surface area (Å²) in [6.07, 6.45) is 0. The van der Waals surface area contributed by atoms with Crippen LogP contribution < -0.4 is 4.90 Å². The first-order chi connectivity index (χ1) is 10.6. The molecule has 1 amide bonds. The van der Waals surface area contributed by atoms with Crippen LogP contribution in [0.3, 0.4) is 0 Å². The molecule has 1 aromatic heterocycles. The summed E-state index contributed by atoms with van der Waals surface area (Å²) in [5.74, 6) is 0.875. The van der Waals surface area contributed by atoms with E-state index in [0.29, 0.717) is 37.9 Å². The Labute approximate surface area is 132 Å². The topological polar surface area (TPSA) is 58.6 Å². The van der Waals surface area contributed by atoms with E-state index in [1.807, 2.05) is 19.9 Å². The van der Waals surface area contributed by atoms with Crippen molar-refractivity contribution in [3.63, 3.8) is 0 Å². The molecule has 22 heavy (non-hydrogen) atoms. The summed E-state index contributed by atoms with van der Waals surface area (Å²) >= 11 is 0. The van der Waals surface area contributed by atoms with Gasteiger partial charge in [0, 0.05) is 31.9 Å². The Balaban J connectivity index is 2.36. The molecule has 0 unspecified atom stereocenters. The maximum Gasteiger partial charge on any atom is 0.272 e. The number of hydrogen-bond donors (Lipinski definition) is 0. The maximum atomic E-state index is 12.6. The van der Waals surface area contributed by atoms with Crippen LogP contribution in [-0.4, -0.2) is 60.2 Å². The smallest absolute Gasteiger partial charge is 0.272 e. The zero-order valence-corrected chi connectivity index (χ0v) is 14.0. The molecule has 0 saturated carbocycles. The Morgan fingerprint density at radius 1 is 1.27 bits per heavy atom. The molecule has 6 nitrogen and oxygen atoms in total. The van der Waals surface area contributed by atoms with Crippen LogP contribution in [0.1, 0.15) is 49.8 Å². The number of amides is 1. The number of hydrogen-bond acceptors (Lipinski definition) is 5. The minimum Gasteiger partial charge on any atom is -0.378 e. The molecular formula is C16H26N4O2. The van der Waals surface area contributed by atoms with Gasteiger partial charge in [0.15, 0.2) is 0 Å². The molecule has 6 heteroatoms. The zero-order chi connectivity index (χ0) is 16.1. The molecule has 1 saturated heterocycles. The van der Waals surface area contributed by atoms with E-state index >= 15 is 0 Å². The number of aromatic nitrogens is 2. The second kappa shape index (κ2) is 7.54. The first-order valence-electron chi connectivity index (χ1n) is 8.07. The largest absolute Gasteiger partial charge is 0.378 e. The molecule has 2 heterocycles. The normalized spacial score (nSPS) is 15.2. The number of morpholine rings is 1. The highest BCUT2D eigenvalue weighted by Gasteiger charge is 2.21. The van der Waals surface area contributed by atoms with Gasteiger partial charge in [-0.2, -0.15) is 0 Å². The van der Waals surface area contributed by atoms with E-state index in [2.05, 4.69) is 28.7 Å². The highest BCUT2D eigenvalue weighted by molar-refractivity contribution is 5.92. The molecule has 1 fully saturated rings. The van der Waals surface area contributed by atoms with Crippen LogP contribution in [0, 0.1) is 0 Å². The van der Waals surface area contributed by atoms with E-state index in [1.54, 1.807) is 4.90 Å². The number of carbonyl (C=O) groups excluding carboxylic acids is 1. The lowest BCUT2D eigenvalue weighted by atomic mass is 10.1. The van der Waals surface area contributed by atoms with Crippen molar-refractivity contribution in [2.45, 2.75) is 33.6 Å². The van der Waals surface area contributed by atoms with Crippen LogP contribution in [0.25, 0.3) is 0 Å². The monoisotopic (exact) mass is 306 g/mol. The minimum atomic E-state index is -0.0243. The molecule has 1 aliphatic rings. The second-order valence-electron chi connectivity index (χ2n) is 5.71. The molecule has 0 bridgehead atoms. The Morgan fingerprint density at radius 3 is 2.45 bits per heavy atom. The average molecular weight is 306 g/mol. The summed E-state index contributed by atoms with van der Waals surface area (Å²) in [7, 11) is 0. The highest BCUT2D eigenvalue weighted by Crippen LogP contribution is 2.19. The molecule has 0 radical (unpaired) electrons. The molecular weight excluding hydrogens is 280 g/mol. The number of anilines is 1. The Hall–Kier alpha value is -1.69. The summed E-state index contributed by atoms with van der Waals surface area (Å²) in [5.41, 5.74) is 1.40. The van der Waals surface area contributed by atoms with Crippen LogP contribution in [-0.2, 0) is 4.74 Å². The molecule has 0 spiro atoms. The van der Waals surface area contributed by atoms with Crippen molar-refractivity contribution in [1.82, 2.24) is 14.9 Å². The van der Waals surface area contributed by atoms with Crippen molar-refractivity contribution in [2.75, 3.05) is 44.3 Å². The highest BCUT2D eigenvalue weighted by atomic mass is 16.5. The lowest BCUT2D eigenvalue weighted by molar-refractivity contribution is 0.0766. The van der Waals surface area contributed by atoms with Gasteiger partial charge in [-0.1, -0.05) is 13.8 Å². The Kier molecular flexibility index (Phi) is 5.71. The average Bonchev–Trinajstić information content (AvgIpc) is 2.56. The van der Waals surface area contributed by atoms with Gasteiger partial charge in [0.05, 0.1) is 13.2 Å². The van der Waals surface area contributed by atoms with E-state index < -0.39 is 0 Å². The van der Waals surface area contributed by atoms with E-state index in [1.165, 1.54) is 0 Å². The van der Waals surface area contributed by atoms with E-state index in [9.17, 15) is 4.79 Å². The van der Waals surface area contributed by atoms with Gasteiger partial charge in [-0.25, -0.2) is 9.97 Å². The van der Waals surface area contributed by atoms with E-state index in [-0.39, 0.29) is 11.8 Å². The fraction of sp³-hybridized carbons (Fsp3) is 0.688. The van der Waals surface area contributed by atoms with Crippen molar-refractivity contribution in [3.8, 4) is 0 Å². The lowest BCUT2D eigenvalue weighted by Gasteiger charge is -2.28. The fourth-order valence-corrected chi connectivity index (χ4v) is 2.44. The van der Waals surface area contributed by atoms with E-state index in [0.717, 1.165) is 18.8 Å². The summed E-state index contributed by atoms with van der Waals surface area (Å²) in [5, 5.41) is 0. The fourth-order valence-electron chi connectivity index (χ4n) is 2.44. The zero-order valence-electron chi connectivity index (χ0n) is 14.0. The van der Waals surface area contributed by atoms with Crippen molar-refractivity contribution in [1.29, 1.82) is 0 Å². The van der Waals surface area contributed by atoms with Crippen molar-refractivity contribution in [2.24, 2.45) is 0 Å². The molecule has 2 rings (SSSR count). The quantitative estimate of drug-likeness (QED) is 0.832. The van der Waals surface area contributed by atoms with Gasteiger partial charge in [-0.3, -0.25) is 4.79 Å². The summed E-state index contributed by atoms with van der Waals surface area (Å²) in [6, 6.07) is 1.83. The Morgan fingerprint density at radius 2 is 1.91 bits per heavy atom. The van der Waals surface area contributed by atoms with Gasteiger partial charge in [-0.05, 0) is 25.8 Å². The first kappa shape index (κ1) is 16.7. The van der Waals surface area contributed by atoms with Crippen molar-refractivity contribution < 1.29 is 9.53 Å². The molecule has 0 aromatic carbocycles. The number of ether oxygens (including phenoxy) is 1. The van der Waals surface area contributed by atoms with Gasteiger partial charge in [-0.15, -0.1) is 0 Å². The van der Waals surface area contributed by atoms with Crippen LogP contribution in [0.2, 0.25) is 0 Å². The van der Waals surface area contributed by atoms with Gasteiger partial charge < -0.3 is 14.5 Å².